The van der Waals surface area contributed by atoms with Gasteiger partial charge in [-0.2, -0.15) is 65.9 Å². The lowest BCUT2D eigenvalue weighted by molar-refractivity contribution is -0.450. The van der Waals surface area contributed by atoms with Gasteiger partial charge >= 0.3 is 41.7 Å². The number of alkyl halides is 15. The molecule has 0 N–H and O–H groups in total. The molecule has 0 unspecified atom stereocenters. The smallest absolute Gasteiger partial charge is 0.274 e. The summed E-state index contributed by atoms with van der Waals surface area (Å²) in [5.74, 6) is -53.4. The number of allylic oxidation sites excluding steroid dienone is 2. The predicted octanol–water partition coefficient (Wildman–Crippen LogP) is 7.09. The van der Waals surface area contributed by atoms with Crippen molar-refractivity contribution in [1.82, 2.24) is 5.06 Å². The van der Waals surface area contributed by atoms with Crippen LogP contribution in [-0.4, -0.2) is 66.8 Å². The third-order valence-electron chi connectivity index (χ3n) is 4.94. The molecule has 0 aliphatic rings. The number of amides is 1. The fourth-order valence-electron chi connectivity index (χ4n) is 2.60. The van der Waals surface area contributed by atoms with E-state index in [1.807, 2.05) is 0 Å². The fraction of sp³-hybridized carbons (Fsp3) is 0.526. The molecule has 0 aliphatic heterocycles. The second-order valence-electron chi connectivity index (χ2n) is 7.34. The molecule has 1 amide bonds. The van der Waals surface area contributed by atoms with Crippen LogP contribution in [0.2, 0.25) is 0 Å². The van der Waals surface area contributed by atoms with Crippen LogP contribution >= 0.6 is 0 Å². The Morgan fingerprint density at radius 2 is 1.18 bits per heavy atom. The minimum absolute atomic E-state index is 0.470. The van der Waals surface area contributed by atoms with Gasteiger partial charge in [0.15, 0.2) is 5.83 Å². The molecule has 0 fully saturated rings. The molecular formula is C19H13F16NO2. The van der Waals surface area contributed by atoms with E-state index in [-0.39, 0.29) is 0 Å². The maximum absolute atomic E-state index is 14.0. The number of carbonyl (C=O) groups is 1. The van der Waals surface area contributed by atoms with Crippen LogP contribution in [0, 0.1) is 0 Å². The molecule has 1 aromatic rings. The minimum Gasteiger partial charge on any atom is -0.274 e. The van der Waals surface area contributed by atoms with Crippen molar-refractivity contribution in [3.8, 4) is 0 Å². The topological polar surface area (TPSA) is 29.5 Å². The van der Waals surface area contributed by atoms with Crippen LogP contribution in [-0.2, 0) is 11.3 Å². The summed E-state index contributed by atoms with van der Waals surface area (Å²) in [6, 6.07) is 4.08. The molecular weight excluding hydrogens is 578 g/mol. The molecule has 0 saturated carbocycles. The van der Waals surface area contributed by atoms with Crippen molar-refractivity contribution in [2.45, 2.75) is 48.1 Å². The highest BCUT2D eigenvalue weighted by Gasteiger charge is 2.93. The van der Waals surface area contributed by atoms with E-state index in [4.69, 9.17) is 0 Å². The molecule has 38 heavy (non-hydrogen) atoms. The molecule has 0 spiro atoms. The Kier molecular flexibility index (Phi) is 8.85. The van der Waals surface area contributed by atoms with Gasteiger partial charge in [-0.3, -0.25) is 9.63 Å². The van der Waals surface area contributed by atoms with Crippen LogP contribution in [0.3, 0.4) is 0 Å². The van der Waals surface area contributed by atoms with Crippen molar-refractivity contribution in [2.24, 2.45) is 0 Å². The van der Waals surface area contributed by atoms with Crippen molar-refractivity contribution in [3.63, 3.8) is 0 Å². The molecule has 0 saturated heterocycles. The van der Waals surface area contributed by atoms with E-state index in [9.17, 15) is 75.0 Å². The zero-order chi connectivity index (χ0) is 30.3. The van der Waals surface area contributed by atoms with E-state index in [0.717, 1.165) is 38.4 Å². The van der Waals surface area contributed by atoms with E-state index in [1.54, 1.807) is 0 Å². The maximum Gasteiger partial charge on any atom is 0.460 e. The second kappa shape index (κ2) is 10.1. The summed E-state index contributed by atoms with van der Waals surface area (Å²) in [6.07, 6.45) is -9.73. The Bertz CT molecular complexity index is 1050. The highest BCUT2D eigenvalue weighted by Crippen LogP contribution is 2.63. The summed E-state index contributed by atoms with van der Waals surface area (Å²) in [6.45, 7) is 0. The number of nitrogens with zero attached hydrogens (tertiary/aromatic N) is 1. The molecule has 19 heteroatoms. The number of hydrogen-bond donors (Lipinski definition) is 0. The lowest BCUT2D eigenvalue weighted by Gasteiger charge is -2.41. The molecule has 0 aliphatic carbocycles. The van der Waals surface area contributed by atoms with E-state index in [2.05, 4.69) is 4.84 Å². The number of hydroxylamine groups is 2. The van der Waals surface area contributed by atoms with Crippen LogP contribution < -0.4 is 0 Å². The van der Waals surface area contributed by atoms with Gasteiger partial charge in [0.2, 0.25) is 0 Å². The molecule has 0 atom stereocenters. The van der Waals surface area contributed by atoms with E-state index in [1.165, 1.54) is 0 Å². The Labute approximate surface area is 201 Å². The lowest BCUT2D eigenvalue weighted by Crippen LogP contribution is -2.72. The Morgan fingerprint density at radius 3 is 1.63 bits per heavy atom. The van der Waals surface area contributed by atoms with E-state index >= 15 is 0 Å². The van der Waals surface area contributed by atoms with Crippen LogP contribution in [0.5, 0.6) is 0 Å². The standard InChI is InChI=1S/C19H13F16NO2/c1-36(38-2)12(37)10-6-4-3-5-9(10)7-8-11(20)13(21,22)14(23,24)15(25,26)16(27,28)17(29,30)18(31,32)19(33,34)35/h3-6,8H,7H2,1-2H3. The number of halogens is 16. The average Bonchev–Trinajstić information content (AvgIpc) is 2.80. The van der Waals surface area contributed by atoms with Gasteiger partial charge in [0.25, 0.3) is 5.91 Å². The quantitative estimate of drug-likeness (QED) is 0.215. The van der Waals surface area contributed by atoms with Gasteiger partial charge in [0.05, 0.1) is 7.11 Å². The van der Waals surface area contributed by atoms with Crippen molar-refractivity contribution in [2.75, 3.05) is 14.2 Å². The largest absolute Gasteiger partial charge is 0.460 e. The number of rotatable bonds is 10. The van der Waals surface area contributed by atoms with Gasteiger partial charge in [0.1, 0.15) is 0 Å². The molecule has 3 nitrogen and oxygen atoms in total. The van der Waals surface area contributed by atoms with Gasteiger partial charge in [-0.05, 0) is 24.1 Å². The van der Waals surface area contributed by atoms with Gasteiger partial charge in [-0.25, -0.2) is 9.45 Å². The summed E-state index contributed by atoms with van der Waals surface area (Å²) in [5.41, 5.74) is -0.953. The monoisotopic (exact) mass is 591 g/mol. The molecule has 0 heterocycles. The molecule has 0 bridgehead atoms. The SMILES string of the molecule is CON(C)C(=O)c1ccccc1CC=C(F)C(F)(F)C(F)(F)C(F)(F)C(F)(F)C(F)(F)C(F)(F)C(F)(F)F. The second-order valence-corrected chi connectivity index (χ2v) is 7.34. The van der Waals surface area contributed by atoms with Crippen LogP contribution in [0.15, 0.2) is 36.2 Å². The molecule has 1 rings (SSSR count). The molecule has 1 aromatic carbocycles. The van der Waals surface area contributed by atoms with Crippen molar-refractivity contribution in [3.05, 3.63) is 47.3 Å². The first-order chi connectivity index (χ1) is 16.8. The first-order valence-corrected chi connectivity index (χ1v) is 9.37. The summed E-state index contributed by atoms with van der Waals surface area (Å²) < 4.78 is 212. The molecule has 0 aromatic heterocycles. The average molecular weight is 591 g/mol. The minimum atomic E-state index is -8.52. The first-order valence-electron chi connectivity index (χ1n) is 9.37. The number of hydrogen-bond acceptors (Lipinski definition) is 2. The summed E-state index contributed by atoms with van der Waals surface area (Å²) >= 11 is 0. The fourth-order valence-corrected chi connectivity index (χ4v) is 2.60. The van der Waals surface area contributed by atoms with E-state index in [0.29, 0.717) is 5.06 Å². The van der Waals surface area contributed by atoms with Crippen LogP contribution in [0.4, 0.5) is 70.2 Å². The first kappa shape index (κ1) is 33.3. The van der Waals surface area contributed by atoms with Crippen LogP contribution in [0.1, 0.15) is 15.9 Å². The van der Waals surface area contributed by atoms with Gasteiger partial charge in [0, 0.05) is 12.6 Å². The highest BCUT2D eigenvalue weighted by atomic mass is 19.4. The normalized spacial score (nSPS) is 15.1. The predicted molar refractivity (Wildman–Crippen MR) is 94.2 cm³/mol. The van der Waals surface area contributed by atoms with Gasteiger partial charge in [-0.15, -0.1) is 0 Å². The van der Waals surface area contributed by atoms with Crippen molar-refractivity contribution >= 4 is 5.91 Å². The summed E-state index contributed by atoms with van der Waals surface area (Å²) in [7, 11) is 2.00. The van der Waals surface area contributed by atoms with Crippen molar-refractivity contribution in [1.29, 1.82) is 0 Å². The Morgan fingerprint density at radius 1 is 0.763 bits per heavy atom. The molecule has 218 valence electrons. The third kappa shape index (κ3) is 5.00. The van der Waals surface area contributed by atoms with E-state index < -0.39 is 77.1 Å². The van der Waals surface area contributed by atoms with Gasteiger partial charge in [-0.1, -0.05) is 18.2 Å². The maximum atomic E-state index is 14.0. The summed E-state index contributed by atoms with van der Waals surface area (Å²) in [4.78, 5) is 16.6. The lowest BCUT2D eigenvalue weighted by atomic mass is 9.90. The van der Waals surface area contributed by atoms with Crippen molar-refractivity contribution < 1.29 is 79.9 Å². The Balaban J connectivity index is 3.53. The van der Waals surface area contributed by atoms with Crippen LogP contribution in [0.25, 0.3) is 0 Å². The third-order valence-corrected chi connectivity index (χ3v) is 4.94. The zero-order valence-corrected chi connectivity index (χ0v) is 18.4. The molecule has 0 radical (unpaired) electrons. The van der Waals surface area contributed by atoms with Gasteiger partial charge < -0.3 is 0 Å². The number of benzene rings is 1. The zero-order valence-electron chi connectivity index (χ0n) is 18.4. The summed E-state index contributed by atoms with van der Waals surface area (Å²) in [5, 5.41) is 0.529. The highest BCUT2D eigenvalue weighted by molar-refractivity contribution is 5.94. The number of carbonyl (C=O) groups excluding carboxylic acids is 1. The Hall–Kier alpha value is -2.73.